The smallest absolute Gasteiger partial charge is 0.338 e. The number of carbonyl (C=O) groups is 1. The Morgan fingerprint density at radius 2 is 1.55 bits per heavy atom. The number of nitriles is 1. The zero-order valence-electron chi connectivity index (χ0n) is 18.1. The van der Waals surface area contributed by atoms with E-state index in [-0.39, 0.29) is 12.1 Å². The first-order valence-electron chi connectivity index (χ1n) is 11.9. The Kier molecular flexibility index (Phi) is 8.59. The Hall–Kier alpha value is -1.82. The molecule has 3 nitrogen and oxygen atoms in total. The van der Waals surface area contributed by atoms with Gasteiger partial charge in [-0.2, -0.15) is 5.26 Å². The second kappa shape index (κ2) is 11.4. The number of hydrogen-bond acceptors (Lipinski definition) is 3. The minimum Gasteiger partial charge on any atom is -0.459 e. The molecule has 0 N–H and O–H groups in total. The minimum atomic E-state index is -0.249. The van der Waals surface area contributed by atoms with Gasteiger partial charge < -0.3 is 4.74 Å². The van der Waals surface area contributed by atoms with Gasteiger partial charge in [-0.3, -0.25) is 0 Å². The molecule has 1 aromatic rings. The Morgan fingerprint density at radius 3 is 2.14 bits per heavy atom. The van der Waals surface area contributed by atoms with Gasteiger partial charge in [-0.1, -0.05) is 51.9 Å². The number of ether oxygens (including phenoxy) is 1. The van der Waals surface area contributed by atoms with E-state index in [1.54, 1.807) is 24.3 Å². The Balaban J connectivity index is 1.35. The molecule has 0 atom stereocenters. The highest BCUT2D eigenvalue weighted by Gasteiger charge is 2.32. The van der Waals surface area contributed by atoms with Crippen molar-refractivity contribution in [2.75, 3.05) is 0 Å². The maximum absolute atomic E-state index is 12.4. The molecule has 2 saturated carbocycles. The van der Waals surface area contributed by atoms with E-state index < -0.39 is 0 Å². The standard InChI is InChI=1S/C26H37NO2/c1-2-3-4-5-6-20-7-11-22(12-8-20)23-15-17-25(18-16-23)29-26(28)24-13-9-21(19-27)10-14-24/h9-10,13-14,20,22-23,25H,2-8,11-12,15-18H2,1H3. The Bertz CT molecular complexity index is 659. The highest BCUT2D eigenvalue weighted by atomic mass is 16.5. The molecule has 29 heavy (non-hydrogen) atoms. The number of nitrogens with zero attached hydrogens (tertiary/aromatic N) is 1. The molecule has 3 rings (SSSR count). The summed E-state index contributed by atoms with van der Waals surface area (Å²) in [5.74, 6) is 2.47. The van der Waals surface area contributed by atoms with Crippen LogP contribution in [0.5, 0.6) is 0 Å². The molecule has 0 aromatic heterocycles. The molecule has 2 aliphatic carbocycles. The van der Waals surface area contributed by atoms with E-state index in [2.05, 4.69) is 13.0 Å². The van der Waals surface area contributed by atoms with Crippen LogP contribution in [0, 0.1) is 29.1 Å². The number of benzene rings is 1. The van der Waals surface area contributed by atoms with Crippen LogP contribution in [-0.4, -0.2) is 12.1 Å². The number of unbranched alkanes of at least 4 members (excludes halogenated alkanes) is 3. The Morgan fingerprint density at radius 1 is 0.931 bits per heavy atom. The molecule has 2 fully saturated rings. The number of hydrogen-bond donors (Lipinski definition) is 0. The van der Waals surface area contributed by atoms with Crippen molar-refractivity contribution in [3.05, 3.63) is 35.4 Å². The fraction of sp³-hybridized carbons (Fsp3) is 0.692. The van der Waals surface area contributed by atoms with Crippen LogP contribution in [-0.2, 0) is 4.74 Å². The maximum atomic E-state index is 12.4. The first-order chi connectivity index (χ1) is 14.2. The monoisotopic (exact) mass is 395 g/mol. The van der Waals surface area contributed by atoms with Gasteiger partial charge in [0.25, 0.3) is 0 Å². The number of rotatable bonds is 8. The van der Waals surface area contributed by atoms with E-state index in [0.29, 0.717) is 11.1 Å². The SMILES string of the molecule is CCCCCCC1CCC(C2CCC(OC(=O)c3ccc(C#N)cc3)CC2)CC1. The molecule has 0 unspecified atom stereocenters. The van der Waals surface area contributed by atoms with Crippen LogP contribution >= 0.6 is 0 Å². The van der Waals surface area contributed by atoms with Gasteiger partial charge in [0.15, 0.2) is 0 Å². The predicted molar refractivity (Wildman–Crippen MR) is 117 cm³/mol. The first-order valence-corrected chi connectivity index (χ1v) is 11.9. The fourth-order valence-corrected chi connectivity index (χ4v) is 5.39. The molecule has 0 saturated heterocycles. The van der Waals surface area contributed by atoms with Gasteiger partial charge in [0.05, 0.1) is 17.2 Å². The van der Waals surface area contributed by atoms with E-state index in [1.165, 1.54) is 70.6 Å². The van der Waals surface area contributed by atoms with Crippen molar-refractivity contribution in [1.82, 2.24) is 0 Å². The number of carbonyl (C=O) groups excluding carboxylic acids is 1. The first kappa shape index (κ1) is 21.9. The summed E-state index contributed by atoms with van der Waals surface area (Å²) in [6.45, 7) is 2.29. The molecule has 2 aliphatic rings. The van der Waals surface area contributed by atoms with Gasteiger partial charge in [0.2, 0.25) is 0 Å². The lowest BCUT2D eigenvalue weighted by Gasteiger charge is -2.37. The molecular formula is C26H37NO2. The van der Waals surface area contributed by atoms with Gasteiger partial charge in [0, 0.05) is 0 Å². The van der Waals surface area contributed by atoms with Crippen LogP contribution in [0.25, 0.3) is 0 Å². The summed E-state index contributed by atoms with van der Waals surface area (Å²) in [7, 11) is 0. The normalized spacial score (nSPS) is 27.2. The van der Waals surface area contributed by atoms with Crippen molar-refractivity contribution in [1.29, 1.82) is 5.26 Å². The van der Waals surface area contributed by atoms with E-state index in [4.69, 9.17) is 10.00 Å². The van der Waals surface area contributed by atoms with E-state index in [0.717, 1.165) is 30.6 Å². The van der Waals surface area contributed by atoms with Crippen LogP contribution in [0.1, 0.15) is 106 Å². The Labute approximate surface area is 176 Å². The van der Waals surface area contributed by atoms with Crippen LogP contribution in [0.3, 0.4) is 0 Å². The lowest BCUT2D eigenvalue weighted by atomic mass is 9.70. The van der Waals surface area contributed by atoms with Crippen molar-refractivity contribution in [2.24, 2.45) is 17.8 Å². The highest BCUT2D eigenvalue weighted by molar-refractivity contribution is 5.89. The molecule has 0 bridgehead atoms. The van der Waals surface area contributed by atoms with Crippen LogP contribution in [0.15, 0.2) is 24.3 Å². The van der Waals surface area contributed by atoms with Crippen LogP contribution < -0.4 is 0 Å². The summed E-state index contributed by atoms with van der Waals surface area (Å²) in [4.78, 5) is 12.4. The molecule has 3 heteroatoms. The van der Waals surface area contributed by atoms with Crippen molar-refractivity contribution in [3.63, 3.8) is 0 Å². The molecule has 0 spiro atoms. The summed E-state index contributed by atoms with van der Waals surface area (Å²) in [6.07, 6.45) is 17.2. The summed E-state index contributed by atoms with van der Waals surface area (Å²) < 4.78 is 5.75. The van der Waals surface area contributed by atoms with Crippen molar-refractivity contribution < 1.29 is 9.53 Å². The third-order valence-electron chi connectivity index (χ3n) is 7.27. The quantitative estimate of drug-likeness (QED) is 0.350. The van der Waals surface area contributed by atoms with Gasteiger partial charge >= 0.3 is 5.97 Å². The van der Waals surface area contributed by atoms with E-state index >= 15 is 0 Å². The average molecular weight is 396 g/mol. The zero-order chi connectivity index (χ0) is 20.5. The molecule has 1 aromatic carbocycles. The molecule has 0 heterocycles. The minimum absolute atomic E-state index is 0.0595. The summed E-state index contributed by atoms with van der Waals surface area (Å²) in [6, 6.07) is 8.80. The number of esters is 1. The largest absolute Gasteiger partial charge is 0.459 e. The van der Waals surface area contributed by atoms with Crippen LogP contribution in [0.4, 0.5) is 0 Å². The lowest BCUT2D eigenvalue weighted by Crippen LogP contribution is -2.29. The lowest BCUT2D eigenvalue weighted by molar-refractivity contribution is 0.0109. The van der Waals surface area contributed by atoms with Gasteiger partial charge in [-0.15, -0.1) is 0 Å². The topological polar surface area (TPSA) is 50.1 Å². The predicted octanol–water partition coefficient (Wildman–Crippen LogP) is 7.05. The van der Waals surface area contributed by atoms with E-state index in [1.807, 2.05) is 0 Å². The second-order valence-electron chi connectivity index (χ2n) is 9.26. The molecular weight excluding hydrogens is 358 g/mol. The fourth-order valence-electron chi connectivity index (χ4n) is 5.39. The molecule has 0 aliphatic heterocycles. The van der Waals surface area contributed by atoms with Gasteiger partial charge in [-0.05, 0) is 80.5 Å². The van der Waals surface area contributed by atoms with Crippen molar-refractivity contribution >= 4 is 5.97 Å². The van der Waals surface area contributed by atoms with Gasteiger partial charge in [-0.25, -0.2) is 4.79 Å². The third kappa shape index (κ3) is 6.59. The van der Waals surface area contributed by atoms with E-state index in [9.17, 15) is 4.79 Å². The third-order valence-corrected chi connectivity index (χ3v) is 7.27. The maximum Gasteiger partial charge on any atom is 0.338 e. The summed E-state index contributed by atoms with van der Waals surface area (Å²) in [5.41, 5.74) is 1.11. The highest BCUT2D eigenvalue weighted by Crippen LogP contribution is 2.41. The molecule has 0 radical (unpaired) electrons. The molecule has 158 valence electrons. The average Bonchev–Trinajstić information content (AvgIpc) is 2.78. The molecule has 0 amide bonds. The van der Waals surface area contributed by atoms with Crippen LogP contribution in [0.2, 0.25) is 0 Å². The van der Waals surface area contributed by atoms with Crippen molar-refractivity contribution in [3.8, 4) is 6.07 Å². The zero-order valence-corrected chi connectivity index (χ0v) is 18.1. The summed E-state index contributed by atoms with van der Waals surface area (Å²) in [5, 5.41) is 8.87. The summed E-state index contributed by atoms with van der Waals surface area (Å²) >= 11 is 0. The second-order valence-corrected chi connectivity index (χ2v) is 9.26. The van der Waals surface area contributed by atoms with Gasteiger partial charge in [0.1, 0.15) is 6.10 Å². The van der Waals surface area contributed by atoms with Crippen molar-refractivity contribution in [2.45, 2.75) is 96.5 Å².